The molecule has 1 aliphatic rings. The Morgan fingerprint density at radius 3 is 2.73 bits per heavy atom. The third-order valence-electron chi connectivity index (χ3n) is 2.67. The standard InChI is InChI=1S/C10H12N2O3/c1-15-9-4-2-3-6(7-5-8(7)11)10(9)12(13)14/h2-4,7-8H,5,11H2,1H3/t7-,8+/m0/s1. The number of benzene rings is 1. The van der Waals surface area contributed by atoms with E-state index >= 15 is 0 Å². The normalized spacial score (nSPS) is 23.6. The van der Waals surface area contributed by atoms with E-state index in [1.54, 1.807) is 18.2 Å². The lowest BCUT2D eigenvalue weighted by molar-refractivity contribution is -0.386. The molecule has 0 aromatic heterocycles. The van der Waals surface area contributed by atoms with Crippen LogP contribution in [0.3, 0.4) is 0 Å². The van der Waals surface area contributed by atoms with Crippen molar-refractivity contribution in [2.75, 3.05) is 7.11 Å². The van der Waals surface area contributed by atoms with Crippen molar-refractivity contribution >= 4 is 5.69 Å². The molecule has 1 saturated carbocycles. The summed E-state index contributed by atoms with van der Waals surface area (Å²) in [5.74, 6) is 0.414. The fourth-order valence-electron chi connectivity index (χ4n) is 1.77. The first-order valence-electron chi connectivity index (χ1n) is 4.72. The van der Waals surface area contributed by atoms with Crippen LogP contribution in [-0.4, -0.2) is 18.1 Å². The van der Waals surface area contributed by atoms with Crippen LogP contribution in [0, 0.1) is 10.1 Å². The molecule has 1 aromatic rings. The minimum Gasteiger partial charge on any atom is -0.490 e. The van der Waals surface area contributed by atoms with Crippen LogP contribution in [0.25, 0.3) is 0 Å². The summed E-state index contributed by atoms with van der Waals surface area (Å²) in [5, 5.41) is 10.9. The molecule has 2 atom stereocenters. The summed E-state index contributed by atoms with van der Waals surface area (Å²) in [6.45, 7) is 0. The molecular weight excluding hydrogens is 196 g/mol. The smallest absolute Gasteiger partial charge is 0.314 e. The maximum atomic E-state index is 10.9. The van der Waals surface area contributed by atoms with E-state index in [2.05, 4.69) is 0 Å². The second-order valence-electron chi connectivity index (χ2n) is 3.66. The molecule has 1 aliphatic carbocycles. The monoisotopic (exact) mass is 208 g/mol. The van der Waals surface area contributed by atoms with Crippen molar-refractivity contribution in [2.45, 2.75) is 18.4 Å². The fraction of sp³-hybridized carbons (Fsp3) is 0.400. The Labute approximate surface area is 87.0 Å². The molecule has 0 amide bonds. The summed E-state index contributed by atoms with van der Waals surface area (Å²) >= 11 is 0. The third kappa shape index (κ3) is 1.66. The average molecular weight is 208 g/mol. The Morgan fingerprint density at radius 1 is 1.60 bits per heavy atom. The highest BCUT2D eigenvalue weighted by atomic mass is 16.6. The summed E-state index contributed by atoms with van der Waals surface area (Å²) in [6.07, 6.45) is 0.813. The molecule has 2 N–H and O–H groups in total. The first-order chi connectivity index (χ1) is 7.15. The lowest BCUT2D eigenvalue weighted by Gasteiger charge is -2.05. The quantitative estimate of drug-likeness (QED) is 0.601. The van der Waals surface area contributed by atoms with Gasteiger partial charge in [-0.25, -0.2) is 0 Å². The Hall–Kier alpha value is -1.62. The summed E-state index contributed by atoms with van der Waals surface area (Å²) in [6, 6.07) is 5.15. The number of ether oxygens (including phenoxy) is 1. The minimum atomic E-state index is -0.404. The van der Waals surface area contributed by atoms with Crippen molar-refractivity contribution in [2.24, 2.45) is 5.73 Å². The van der Waals surface area contributed by atoms with Gasteiger partial charge in [0.25, 0.3) is 0 Å². The number of nitrogens with zero attached hydrogens (tertiary/aromatic N) is 1. The zero-order valence-corrected chi connectivity index (χ0v) is 8.34. The van der Waals surface area contributed by atoms with Crippen LogP contribution in [0.15, 0.2) is 18.2 Å². The molecule has 0 unspecified atom stereocenters. The average Bonchev–Trinajstić information content (AvgIpc) is 2.94. The molecule has 0 aliphatic heterocycles. The topological polar surface area (TPSA) is 78.4 Å². The molecule has 80 valence electrons. The number of nitrogens with two attached hydrogens (primary N) is 1. The molecule has 0 spiro atoms. The van der Waals surface area contributed by atoms with Gasteiger partial charge in [0.15, 0.2) is 5.75 Å². The zero-order chi connectivity index (χ0) is 11.0. The molecule has 0 bridgehead atoms. The zero-order valence-electron chi connectivity index (χ0n) is 8.34. The first-order valence-corrected chi connectivity index (χ1v) is 4.72. The predicted molar refractivity (Wildman–Crippen MR) is 55.0 cm³/mol. The van der Waals surface area contributed by atoms with Crippen molar-refractivity contribution < 1.29 is 9.66 Å². The molecule has 1 aromatic carbocycles. The van der Waals surface area contributed by atoms with Crippen LogP contribution in [-0.2, 0) is 0 Å². The highest BCUT2D eigenvalue weighted by Crippen LogP contribution is 2.45. The predicted octanol–water partition coefficient (Wildman–Crippen LogP) is 1.42. The van der Waals surface area contributed by atoms with Crippen molar-refractivity contribution in [1.29, 1.82) is 0 Å². The van der Waals surface area contributed by atoms with Gasteiger partial charge < -0.3 is 10.5 Å². The van der Waals surface area contributed by atoms with Gasteiger partial charge in [-0.3, -0.25) is 10.1 Å². The van der Waals surface area contributed by atoms with E-state index in [-0.39, 0.29) is 17.6 Å². The van der Waals surface area contributed by atoms with Crippen LogP contribution in [0.2, 0.25) is 0 Å². The van der Waals surface area contributed by atoms with E-state index in [1.165, 1.54) is 7.11 Å². The van der Waals surface area contributed by atoms with Gasteiger partial charge in [-0.2, -0.15) is 0 Å². The van der Waals surface area contributed by atoms with Crippen molar-refractivity contribution in [3.05, 3.63) is 33.9 Å². The number of nitro benzene ring substituents is 1. The van der Waals surface area contributed by atoms with Gasteiger partial charge in [0.2, 0.25) is 0 Å². The van der Waals surface area contributed by atoms with E-state index in [4.69, 9.17) is 10.5 Å². The number of para-hydroxylation sites is 1. The van der Waals surface area contributed by atoms with Crippen LogP contribution in [0.1, 0.15) is 17.9 Å². The van der Waals surface area contributed by atoms with Crippen molar-refractivity contribution in [1.82, 2.24) is 0 Å². The highest BCUT2D eigenvalue weighted by molar-refractivity contribution is 5.56. The van der Waals surface area contributed by atoms with E-state index in [0.717, 1.165) is 6.42 Å². The van der Waals surface area contributed by atoms with Crippen LogP contribution in [0.5, 0.6) is 5.75 Å². The number of nitro groups is 1. The molecule has 5 heteroatoms. The molecule has 1 fully saturated rings. The highest BCUT2D eigenvalue weighted by Gasteiger charge is 2.40. The number of methoxy groups -OCH3 is 1. The number of hydrogen-bond acceptors (Lipinski definition) is 4. The minimum absolute atomic E-state index is 0.0517. The van der Waals surface area contributed by atoms with Gasteiger partial charge in [-0.15, -0.1) is 0 Å². The van der Waals surface area contributed by atoms with Gasteiger partial charge in [-0.05, 0) is 12.5 Å². The van der Waals surface area contributed by atoms with Gasteiger partial charge in [0, 0.05) is 17.5 Å². The van der Waals surface area contributed by atoms with Gasteiger partial charge in [-0.1, -0.05) is 12.1 Å². The van der Waals surface area contributed by atoms with E-state index in [1.807, 2.05) is 0 Å². The Balaban J connectivity index is 2.48. The Kier molecular flexibility index (Phi) is 2.32. The summed E-state index contributed by atoms with van der Waals surface area (Å²) in [7, 11) is 1.43. The lowest BCUT2D eigenvalue weighted by Crippen LogP contribution is -2.04. The summed E-state index contributed by atoms with van der Waals surface area (Å²) < 4.78 is 4.98. The molecular formula is C10H12N2O3. The third-order valence-corrected chi connectivity index (χ3v) is 2.67. The van der Waals surface area contributed by atoms with E-state index in [0.29, 0.717) is 11.3 Å². The molecule has 15 heavy (non-hydrogen) atoms. The second kappa shape index (κ2) is 3.51. The Morgan fingerprint density at radius 2 is 2.27 bits per heavy atom. The van der Waals surface area contributed by atoms with Crippen molar-refractivity contribution in [3.63, 3.8) is 0 Å². The van der Waals surface area contributed by atoms with Crippen molar-refractivity contribution in [3.8, 4) is 5.75 Å². The Bertz CT molecular complexity index is 406. The van der Waals surface area contributed by atoms with Gasteiger partial charge in [0.05, 0.1) is 12.0 Å². The second-order valence-corrected chi connectivity index (χ2v) is 3.66. The summed E-state index contributed by atoms with van der Waals surface area (Å²) in [5.41, 5.74) is 6.44. The van der Waals surface area contributed by atoms with Crippen LogP contribution in [0.4, 0.5) is 5.69 Å². The van der Waals surface area contributed by atoms with E-state index < -0.39 is 4.92 Å². The molecule has 0 radical (unpaired) electrons. The van der Waals surface area contributed by atoms with Crippen LogP contribution < -0.4 is 10.5 Å². The first kappa shape index (κ1) is 9.92. The molecule has 0 heterocycles. The molecule has 0 saturated heterocycles. The van der Waals surface area contributed by atoms with Gasteiger partial charge >= 0.3 is 5.69 Å². The van der Waals surface area contributed by atoms with Gasteiger partial charge in [0.1, 0.15) is 0 Å². The lowest BCUT2D eigenvalue weighted by atomic mass is 10.1. The molecule has 2 rings (SSSR count). The maximum absolute atomic E-state index is 10.9. The fourth-order valence-corrected chi connectivity index (χ4v) is 1.77. The molecule has 5 nitrogen and oxygen atoms in total. The largest absolute Gasteiger partial charge is 0.490 e. The summed E-state index contributed by atoms with van der Waals surface area (Å²) in [4.78, 5) is 10.5. The SMILES string of the molecule is COc1cccc([C@@H]2C[C@H]2N)c1[N+](=O)[O-]. The van der Waals surface area contributed by atoms with Crippen LogP contribution >= 0.6 is 0 Å². The number of hydrogen-bond donors (Lipinski definition) is 1. The number of rotatable bonds is 3. The maximum Gasteiger partial charge on any atom is 0.314 e. The van der Waals surface area contributed by atoms with E-state index in [9.17, 15) is 10.1 Å².